The molecule has 1 saturated heterocycles. The minimum absolute atomic E-state index is 0.232. The summed E-state index contributed by atoms with van der Waals surface area (Å²) in [5.74, 6) is 1.19. The van der Waals surface area contributed by atoms with Gasteiger partial charge in [-0.2, -0.15) is 9.61 Å². The van der Waals surface area contributed by atoms with Crippen LogP contribution in [0.3, 0.4) is 0 Å². The molecule has 1 N–H and O–H groups in total. The minimum Gasteiger partial charge on any atom is -0.368 e. The van der Waals surface area contributed by atoms with Gasteiger partial charge in [0.25, 0.3) is 0 Å². The van der Waals surface area contributed by atoms with Crippen molar-refractivity contribution in [3.63, 3.8) is 0 Å². The molecule has 0 amide bonds. The molecule has 0 bridgehead atoms. The van der Waals surface area contributed by atoms with Crippen LogP contribution in [0.5, 0.6) is 0 Å². The average Bonchev–Trinajstić information content (AvgIpc) is 2.97. The molecule has 0 aliphatic carbocycles. The molecule has 134 valence electrons. The smallest absolute Gasteiger partial charge is 0.157 e. The van der Waals surface area contributed by atoms with Gasteiger partial charge in [0.15, 0.2) is 5.65 Å². The van der Waals surface area contributed by atoms with Crippen LogP contribution >= 0.6 is 0 Å². The summed E-state index contributed by atoms with van der Waals surface area (Å²) in [4.78, 5) is 11.5. The van der Waals surface area contributed by atoms with Gasteiger partial charge in [0, 0.05) is 43.9 Å². The van der Waals surface area contributed by atoms with Crippen molar-refractivity contribution in [2.45, 2.75) is 25.6 Å². The van der Waals surface area contributed by atoms with Crippen molar-refractivity contribution in [3.05, 3.63) is 53.6 Å². The predicted octanol–water partition coefficient (Wildman–Crippen LogP) is 1.22. The third-order valence-electron chi connectivity index (χ3n) is 5.12. The Bertz CT molecular complexity index is 903. The molecule has 0 aromatic carbocycles. The van der Waals surface area contributed by atoms with E-state index in [1.54, 1.807) is 6.20 Å². The zero-order valence-electron chi connectivity index (χ0n) is 14.6. The lowest BCUT2D eigenvalue weighted by Crippen LogP contribution is -2.53. The van der Waals surface area contributed by atoms with Gasteiger partial charge >= 0.3 is 0 Å². The normalized spacial score (nSPS) is 17.8. The number of fused-ring (bicyclic) bond motifs is 2. The Labute approximate surface area is 152 Å². The lowest BCUT2D eigenvalue weighted by atomic mass is 10.1. The molecule has 0 spiro atoms. The molecule has 0 saturated carbocycles. The van der Waals surface area contributed by atoms with Gasteiger partial charge in [-0.3, -0.25) is 4.98 Å². The standard InChI is InChI=1S/C19H22N6O/c1-2-7-21-14(3-1)13-26-15-11-24(12-15)19-16-4-8-20-9-5-17(16)23-18-6-10-22-25(18)19/h1-3,6-7,10,15,20H,4-5,8-9,11-13H2. The molecule has 1 fully saturated rings. The highest BCUT2D eigenvalue weighted by atomic mass is 16.5. The zero-order valence-corrected chi connectivity index (χ0v) is 14.6. The van der Waals surface area contributed by atoms with Crippen LogP contribution < -0.4 is 10.2 Å². The molecule has 0 unspecified atom stereocenters. The maximum Gasteiger partial charge on any atom is 0.157 e. The summed E-state index contributed by atoms with van der Waals surface area (Å²) in [7, 11) is 0. The SMILES string of the molecule is c1ccc(COC2CN(c3c4c(nc5ccnn35)CCNCC4)C2)nc1. The Hall–Kier alpha value is -2.51. The predicted molar refractivity (Wildman–Crippen MR) is 98.3 cm³/mol. The molecule has 0 radical (unpaired) electrons. The maximum atomic E-state index is 6.02. The number of pyridine rings is 1. The number of ether oxygens (including phenoxy) is 1. The van der Waals surface area contributed by atoms with Crippen molar-refractivity contribution in [1.82, 2.24) is 24.9 Å². The van der Waals surface area contributed by atoms with Gasteiger partial charge in [-0.15, -0.1) is 0 Å². The Morgan fingerprint density at radius 2 is 2.04 bits per heavy atom. The number of anilines is 1. The monoisotopic (exact) mass is 350 g/mol. The van der Waals surface area contributed by atoms with Crippen LogP contribution in [0.15, 0.2) is 36.7 Å². The van der Waals surface area contributed by atoms with Gasteiger partial charge in [-0.25, -0.2) is 4.98 Å². The first kappa shape index (κ1) is 15.7. The van der Waals surface area contributed by atoms with Crippen molar-refractivity contribution in [2.24, 2.45) is 0 Å². The summed E-state index contributed by atoms with van der Waals surface area (Å²) < 4.78 is 8.00. The van der Waals surface area contributed by atoms with Crippen LogP contribution in [0.25, 0.3) is 5.65 Å². The van der Waals surface area contributed by atoms with E-state index in [-0.39, 0.29) is 6.10 Å². The molecule has 26 heavy (non-hydrogen) atoms. The third-order valence-corrected chi connectivity index (χ3v) is 5.12. The van der Waals surface area contributed by atoms with E-state index in [4.69, 9.17) is 9.72 Å². The molecule has 5 rings (SSSR count). The quantitative estimate of drug-likeness (QED) is 0.763. The molecule has 5 heterocycles. The topological polar surface area (TPSA) is 67.6 Å². The molecular weight excluding hydrogens is 328 g/mol. The van der Waals surface area contributed by atoms with Gasteiger partial charge in [0.05, 0.1) is 30.3 Å². The molecule has 2 aliphatic heterocycles. The van der Waals surface area contributed by atoms with E-state index in [9.17, 15) is 0 Å². The Kier molecular flexibility index (Phi) is 4.03. The maximum absolute atomic E-state index is 6.02. The van der Waals surface area contributed by atoms with E-state index in [1.807, 2.05) is 35.0 Å². The fourth-order valence-corrected chi connectivity index (χ4v) is 3.74. The van der Waals surface area contributed by atoms with Crippen molar-refractivity contribution in [1.29, 1.82) is 0 Å². The first-order chi connectivity index (χ1) is 12.9. The summed E-state index contributed by atoms with van der Waals surface area (Å²) in [5.41, 5.74) is 4.44. The average molecular weight is 350 g/mol. The Morgan fingerprint density at radius 3 is 2.92 bits per heavy atom. The van der Waals surface area contributed by atoms with Crippen molar-refractivity contribution in [3.8, 4) is 0 Å². The van der Waals surface area contributed by atoms with E-state index in [0.29, 0.717) is 6.61 Å². The van der Waals surface area contributed by atoms with Gasteiger partial charge in [-0.1, -0.05) is 6.07 Å². The van der Waals surface area contributed by atoms with Crippen LogP contribution in [0.2, 0.25) is 0 Å². The van der Waals surface area contributed by atoms with Crippen LogP contribution in [-0.4, -0.2) is 51.9 Å². The zero-order chi connectivity index (χ0) is 17.3. The van der Waals surface area contributed by atoms with Crippen molar-refractivity contribution >= 4 is 11.5 Å². The number of hydrogen-bond acceptors (Lipinski definition) is 6. The number of nitrogens with zero attached hydrogens (tertiary/aromatic N) is 5. The number of aromatic nitrogens is 4. The van der Waals surface area contributed by atoms with E-state index in [0.717, 1.165) is 50.4 Å². The highest BCUT2D eigenvalue weighted by molar-refractivity contribution is 5.59. The van der Waals surface area contributed by atoms with Crippen LogP contribution in [0, 0.1) is 0 Å². The van der Waals surface area contributed by atoms with Gasteiger partial charge in [0.1, 0.15) is 5.82 Å². The number of nitrogens with one attached hydrogen (secondary N) is 1. The van der Waals surface area contributed by atoms with E-state index < -0.39 is 0 Å². The summed E-state index contributed by atoms with van der Waals surface area (Å²) in [6, 6.07) is 7.90. The lowest BCUT2D eigenvalue weighted by molar-refractivity contribution is 0.0202. The second-order valence-corrected chi connectivity index (χ2v) is 6.87. The molecule has 7 nitrogen and oxygen atoms in total. The van der Waals surface area contributed by atoms with Gasteiger partial charge < -0.3 is 15.0 Å². The fourth-order valence-electron chi connectivity index (χ4n) is 3.74. The molecule has 2 aliphatic rings. The molecule has 7 heteroatoms. The van der Waals surface area contributed by atoms with Gasteiger partial charge in [-0.05, 0) is 25.1 Å². The first-order valence-electron chi connectivity index (χ1n) is 9.21. The van der Waals surface area contributed by atoms with E-state index in [2.05, 4.69) is 20.3 Å². The summed E-state index contributed by atoms with van der Waals surface area (Å²) in [6.07, 6.45) is 5.83. The van der Waals surface area contributed by atoms with E-state index in [1.165, 1.54) is 17.1 Å². The molecule has 0 atom stereocenters. The van der Waals surface area contributed by atoms with Crippen LogP contribution in [-0.2, 0) is 24.2 Å². The summed E-state index contributed by atoms with van der Waals surface area (Å²) >= 11 is 0. The van der Waals surface area contributed by atoms with Crippen LogP contribution in [0.1, 0.15) is 17.0 Å². The highest BCUT2D eigenvalue weighted by Crippen LogP contribution is 2.30. The van der Waals surface area contributed by atoms with Crippen LogP contribution in [0.4, 0.5) is 5.82 Å². The molecule has 3 aromatic heterocycles. The van der Waals surface area contributed by atoms with Crippen molar-refractivity contribution < 1.29 is 4.74 Å². The first-order valence-corrected chi connectivity index (χ1v) is 9.21. The fraction of sp³-hybridized carbons (Fsp3) is 0.421. The number of hydrogen-bond donors (Lipinski definition) is 1. The molecule has 3 aromatic rings. The van der Waals surface area contributed by atoms with Gasteiger partial charge in [0.2, 0.25) is 0 Å². The second kappa shape index (κ2) is 6.66. The Morgan fingerprint density at radius 1 is 1.12 bits per heavy atom. The highest BCUT2D eigenvalue weighted by Gasteiger charge is 2.32. The second-order valence-electron chi connectivity index (χ2n) is 6.87. The summed E-state index contributed by atoms with van der Waals surface area (Å²) in [6.45, 7) is 4.30. The lowest BCUT2D eigenvalue weighted by Gasteiger charge is -2.41. The minimum atomic E-state index is 0.232. The third kappa shape index (κ3) is 2.83. The van der Waals surface area contributed by atoms with Crippen molar-refractivity contribution in [2.75, 3.05) is 31.1 Å². The van der Waals surface area contributed by atoms with E-state index >= 15 is 0 Å². The number of rotatable bonds is 4. The Balaban J connectivity index is 1.35. The largest absolute Gasteiger partial charge is 0.368 e. The summed E-state index contributed by atoms with van der Waals surface area (Å²) in [5, 5.41) is 7.99. The molecular formula is C19H22N6O.